The van der Waals surface area contributed by atoms with Crippen molar-refractivity contribution in [1.29, 1.82) is 0 Å². The first-order chi connectivity index (χ1) is 10.3. The van der Waals surface area contributed by atoms with Gasteiger partial charge in [-0.1, -0.05) is 0 Å². The molecule has 0 saturated carbocycles. The standard InChI is InChI=1S/C16H15N5/c1-12-20-15(14-3-2-6-18-11-14)9-16(21-12)19-10-13-4-7-17-8-5-13/h2-9,11H,10H2,1H3,(H,19,20,21). The predicted molar refractivity (Wildman–Crippen MR) is 81.6 cm³/mol. The molecule has 0 aliphatic rings. The minimum Gasteiger partial charge on any atom is -0.366 e. The van der Waals surface area contributed by atoms with Gasteiger partial charge in [0, 0.05) is 43.0 Å². The number of aromatic nitrogens is 4. The van der Waals surface area contributed by atoms with E-state index in [2.05, 4.69) is 25.3 Å². The molecule has 0 amide bonds. The molecule has 5 heteroatoms. The molecule has 21 heavy (non-hydrogen) atoms. The molecule has 0 aromatic carbocycles. The topological polar surface area (TPSA) is 63.6 Å². The van der Waals surface area contributed by atoms with Crippen LogP contribution in [0.25, 0.3) is 11.3 Å². The Hall–Kier alpha value is -2.82. The summed E-state index contributed by atoms with van der Waals surface area (Å²) in [4.78, 5) is 17.0. The van der Waals surface area contributed by atoms with Crippen LogP contribution >= 0.6 is 0 Å². The zero-order valence-electron chi connectivity index (χ0n) is 11.7. The molecule has 0 spiro atoms. The Bertz CT molecular complexity index is 713. The van der Waals surface area contributed by atoms with Crippen molar-refractivity contribution in [3.05, 3.63) is 66.5 Å². The lowest BCUT2D eigenvalue weighted by atomic mass is 10.2. The zero-order chi connectivity index (χ0) is 14.5. The van der Waals surface area contributed by atoms with E-state index in [0.717, 1.165) is 28.5 Å². The van der Waals surface area contributed by atoms with Crippen molar-refractivity contribution in [2.45, 2.75) is 13.5 Å². The monoisotopic (exact) mass is 277 g/mol. The molecule has 3 aromatic heterocycles. The number of nitrogens with one attached hydrogen (secondary N) is 1. The van der Waals surface area contributed by atoms with E-state index >= 15 is 0 Å². The summed E-state index contributed by atoms with van der Waals surface area (Å²) in [7, 11) is 0. The van der Waals surface area contributed by atoms with E-state index in [-0.39, 0.29) is 0 Å². The van der Waals surface area contributed by atoms with Gasteiger partial charge in [0.1, 0.15) is 11.6 Å². The number of rotatable bonds is 4. The van der Waals surface area contributed by atoms with Crippen molar-refractivity contribution >= 4 is 5.82 Å². The predicted octanol–water partition coefficient (Wildman–Crippen LogP) is 2.85. The number of hydrogen-bond acceptors (Lipinski definition) is 5. The van der Waals surface area contributed by atoms with E-state index in [0.29, 0.717) is 6.54 Å². The normalized spacial score (nSPS) is 10.3. The van der Waals surface area contributed by atoms with Crippen molar-refractivity contribution in [3.8, 4) is 11.3 Å². The minimum absolute atomic E-state index is 0.700. The summed E-state index contributed by atoms with van der Waals surface area (Å²) in [5.74, 6) is 1.53. The second-order valence-corrected chi connectivity index (χ2v) is 4.64. The first kappa shape index (κ1) is 13.2. The Kier molecular flexibility index (Phi) is 3.82. The summed E-state index contributed by atoms with van der Waals surface area (Å²) in [5, 5.41) is 3.31. The van der Waals surface area contributed by atoms with Gasteiger partial charge in [-0.3, -0.25) is 9.97 Å². The van der Waals surface area contributed by atoms with Crippen LogP contribution < -0.4 is 5.32 Å². The number of hydrogen-bond donors (Lipinski definition) is 1. The molecule has 3 heterocycles. The first-order valence-corrected chi connectivity index (χ1v) is 6.70. The van der Waals surface area contributed by atoms with Crippen LogP contribution in [0.3, 0.4) is 0 Å². The van der Waals surface area contributed by atoms with Crippen molar-refractivity contribution in [2.24, 2.45) is 0 Å². The summed E-state index contributed by atoms with van der Waals surface area (Å²) in [6.45, 7) is 2.59. The number of anilines is 1. The fourth-order valence-electron chi connectivity index (χ4n) is 2.01. The van der Waals surface area contributed by atoms with Gasteiger partial charge in [0.05, 0.1) is 5.69 Å². The van der Waals surface area contributed by atoms with Gasteiger partial charge in [0.2, 0.25) is 0 Å². The summed E-state index contributed by atoms with van der Waals surface area (Å²) in [5.41, 5.74) is 3.01. The molecule has 3 rings (SSSR count). The van der Waals surface area contributed by atoms with Crippen molar-refractivity contribution < 1.29 is 0 Å². The van der Waals surface area contributed by atoms with Crippen LogP contribution in [0.4, 0.5) is 5.82 Å². The minimum atomic E-state index is 0.700. The number of nitrogens with zero attached hydrogens (tertiary/aromatic N) is 4. The van der Waals surface area contributed by atoms with Crippen molar-refractivity contribution in [2.75, 3.05) is 5.32 Å². The van der Waals surface area contributed by atoms with Gasteiger partial charge >= 0.3 is 0 Å². The Balaban J connectivity index is 1.82. The molecule has 5 nitrogen and oxygen atoms in total. The van der Waals surface area contributed by atoms with Crippen molar-refractivity contribution in [3.63, 3.8) is 0 Å². The van der Waals surface area contributed by atoms with E-state index in [1.807, 2.05) is 37.3 Å². The lowest BCUT2D eigenvalue weighted by Gasteiger charge is -2.08. The first-order valence-electron chi connectivity index (χ1n) is 6.70. The van der Waals surface area contributed by atoms with Gasteiger partial charge < -0.3 is 5.32 Å². The highest BCUT2D eigenvalue weighted by Gasteiger charge is 2.04. The molecule has 0 fully saturated rings. The molecule has 0 radical (unpaired) electrons. The molecule has 104 valence electrons. The average molecular weight is 277 g/mol. The Morgan fingerprint density at radius 1 is 1.00 bits per heavy atom. The van der Waals surface area contributed by atoms with Crippen LogP contribution in [0.15, 0.2) is 55.1 Å². The Labute approximate surface area is 123 Å². The largest absolute Gasteiger partial charge is 0.366 e. The van der Waals surface area contributed by atoms with Crippen molar-refractivity contribution in [1.82, 2.24) is 19.9 Å². The second-order valence-electron chi connectivity index (χ2n) is 4.64. The van der Waals surface area contributed by atoms with Gasteiger partial charge in [-0.2, -0.15) is 0 Å². The lowest BCUT2D eigenvalue weighted by molar-refractivity contribution is 1.02. The molecule has 0 unspecified atom stereocenters. The number of aryl methyl sites for hydroxylation is 1. The number of pyridine rings is 2. The molecule has 3 aromatic rings. The van der Waals surface area contributed by atoms with Crippen LogP contribution in [0, 0.1) is 6.92 Å². The van der Waals surface area contributed by atoms with E-state index in [4.69, 9.17) is 0 Å². The SMILES string of the molecule is Cc1nc(NCc2ccncc2)cc(-c2cccnc2)n1. The maximum Gasteiger partial charge on any atom is 0.130 e. The third kappa shape index (κ3) is 3.39. The van der Waals surface area contributed by atoms with E-state index in [1.165, 1.54) is 0 Å². The molecule has 0 atom stereocenters. The zero-order valence-corrected chi connectivity index (χ0v) is 11.7. The summed E-state index contributed by atoms with van der Waals surface area (Å²) in [6.07, 6.45) is 7.11. The van der Waals surface area contributed by atoms with Gasteiger partial charge in [-0.15, -0.1) is 0 Å². The van der Waals surface area contributed by atoms with E-state index < -0.39 is 0 Å². The second kappa shape index (κ2) is 6.09. The summed E-state index contributed by atoms with van der Waals surface area (Å²) in [6, 6.07) is 9.77. The average Bonchev–Trinajstić information content (AvgIpc) is 2.54. The quantitative estimate of drug-likeness (QED) is 0.794. The molecular formula is C16H15N5. The van der Waals surface area contributed by atoms with Gasteiger partial charge in [0.25, 0.3) is 0 Å². The van der Waals surface area contributed by atoms with Crippen LogP contribution in [-0.2, 0) is 6.54 Å². The smallest absolute Gasteiger partial charge is 0.130 e. The Morgan fingerprint density at radius 2 is 1.86 bits per heavy atom. The summed E-state index contributed by atoms with van der Waals surface area (Å²) >= 11 is 0. The van der Waals surface area contributed by atoms with Crippen LogP contribution in [-0.4, -0.2) is 19.9 Å². The highest BCUT2D eigenvalue weighted by atomic mass is 15.0. The Morgan fingerprint density at radius 3 is 2.62 bits per heavy atom. The fraction of sp³-hybridized carbons (Fsp3) is 0.125. The van der Waals surface area contributed by atoms with E-state index in [1.54, 1.807) is 24.8 Å². The van der Waals surface area contributed by atoms with E-state index in [9.17, 15) is 0 Å². The summed E-state index contributed by atoms with van der Waals surface area (Å²) < 4.78 is 0. The molecular weight excluding hydrogens is 262 g/mol. The van der Waals surface area contributed by atoms with Gasteiger partial charge in [0.15, 0.2) is 0 Å². The molecule has 0 bridgehead atoms. The fourth-order valence-corrected chi connectivity index (χ4v) is 2.01. The molecule has 1 N–H and O–H groups in total. The maximum atomic E-state index is 4.46. The molecule has 0 aliphatic carbocycles. The molecule has 0 saturated heterocycles. The van der Waals surface area contributed by atoms with Crippen LogP contribution in [0.5, 0.6) is 0 Å². The van der Waals surface area contributed by atoms with Crippen LogP contribution in [0.2, 0.25) is 0 Å². The lowest BCUT2D eigenvalue weighted by Crippen LogP contribution is -2.04. The van der Waals surface area contributed by atoms with Gasteiger partial charge in [-0.05, 0) is 36.8 Å². The van der Waals surface area contributed by atoms with Crippen LogP contribution in [0.1, 0.15) is 11.4 Å². The van der Waals surface area contributed by atoms with Gasteiger partial charge in [-0.25, -0.2) is 9.97 Å². The molecule has 0 aliphatic heterocycles. The maximum absolute atomic E-state index is 4.46. The third-order valence-corrected chi connectivity index (χ3v) is 3.02. The third-order valence-electron chi connectivity index (χ3n) is 3.02. The highest BCUT2D eigenvalue weighted by molar-refractivity contribution is 5.61. The highest BCUT2D eigenvalue weighted by Crippen LogP contribution is 2.19.